The van der Waals surface area contributed by atoms with Gasteiger partial charge in [-0.3, -0.25) is 4.90 Å². The first-order valence-electron chi connectivity index (χ1n) is 11.2. The minimum atomic E-state index is 0.0516. The summed E-state index contributed by atoms with van der Waals surface area (Å²) in [6, 6.07) is 9.76. The van der Waals surface area contributed by atoms with E-state index < -0.39 is 0 Å². The van der Waals surface area contributed by atoms with Crippen molar-refractivity contribution < 1.29 is 29.2 Å². The van der Waals surface area contributed by atoms with Crippen LogP contribution >= 0.6 is 0 Å². The lowest BCUT2D eigenvalue weighted by Gasteiger charge is -2.22. The Morgan fingerprint density at radius 3 is 1.83 bits per heavy atom. The summed E-state index contributed by atoms with van der Waals surface area (Å²) in [5.74, 6) is 0.872. The Morgan fingerprint density at radius 1 is 0.633 bits per heavy atom. The largest absolute Gasteiger partial charge is 0.491 e. The smallest absolute Gasteiger partial charge is 0.119 e. The van der Waals surface area contributed by atoms with E-state index in [-0.39, 0.29) is 13.2 Å². The van der Waals surface area contributed by atoms with Gasteiger partial charge in [0.2, 0.25) is 0 Å². The first kappa shape index (κ1) is 28.8. The van der Waals surface area contributed by atoms with Crippen LogP contribution in [-0.4, -0.2) is 94.2 Å². The monoisotopic (exact) mass is 429 g/mol. The third-order valence-electron chi connectivity index (χ3n) is 4.08. The molecule has 0 saturated heterocycles. The third-order valence-corrected chi connectivity index (χ3v) is 4.08. The van der Waals surface area contributed by atoms with Gasteiger partial charge in [-0.1, -0.05) is 32.0 Å². The van der Waals surface area contributed by atoms with Crippen LogP contribution in [0.15, 0.2) is 30.3 Å². The summed E-state index contributed by atoms with van der Waals surface area (Å²) in [5.41, 5.74) is 0. The SMILES string of the molecule is CC.OCCOCCN(CCCCCOCCOc1ccccc1)CCOCCO. The number of rotatable bonds is 20. The quantitative estimate of drug-likeness (QED) is 0.308. The zero-order valence-corrected chi connectivity index (χ0v) is 19.0. The summed E-state index contributed by atoms with van der Waals surface area (Å²) in [6.07, 6.45) is 3.22. The minimum Gasteiger partial charge on any atom is -0.491 e. The predicted molar refractivity (Wildman–Crippen MR) is 120 cm³/mol. The number of nitrogens with zero attached hydrogens (tertiary/aromatic N) is 1. The second kappa shape index (κ2) is 24.1. The molecule has 0 aliphatic carbocycles. The van der Waals surface area contributed by atoms with Crippen molar-refractivity contribution in [3.63, 3.8) is 0 Å². The summed E-state index contributed by atoms with van der Waals surface area (Å²) in [7, 11) is 0. The van der Waals surface area contributed by atoms with E-state index in [1.54, 1.807) is 0 Å². The van der Waals surface area contributed by atoms with Crippen LogP contribution in [0.4, 0.5) is 0 Å². The number of aliphatic hydroxyl groups excluding tert-OH is 2. The summed E-state index contributed by atoms with van der Waals surface area (Å²) in [5, 5.41) is 17.5. The van der Waals surface area contributed by atoms with E-state index in [1.165, 1.54) is 0 Å². The second-order valence-electron chi connectivity index (χ2n) is 6.35. The molecular formula is C23H43NO6. The Balaban J connectivity index is 0.00000407. The number of para-hydroxylation sites is 1. The predicted octanol–water partition coefficient (Wildman–Crippen LogP) is 2.60. The highest BCUT2D eigenvalue weighted by atomic mass is 16.5. The van der Waals surface area contributed by atoms with Crippen LogP contribution in [-0.2, 0) is 14.2 Å². The molecule has 2 N–H and O–H groups in total. The van der Waals surface area contributed by atoms with Crippen molar-refractivity contribution in [3.05, 3.63) is 30.3 Å². The van der Waals surface area contributed by atoms with Crippen molar-refractivity contribution in [2.24, 2.45) is 0 Å². The van der Waals surface area contributed by atoms with E-state index in [2.05, 4.69) is 4.90 Å². The van der Waals surface area contributed by atoms with Gasteiger partial charge in [0.1, 0.15) is 12.4 Å². The normalized spacial score (nSPS) is 10.7. The van der Waals surface area contributed by atoms with Crippen molar-refractivity contribution in [1.29, 1.82) is 0 Å². The van der Waals surface area contributed by atoms with E-state index in [0.717, 1.165) is 51.3 Å². The molecule has 7 nitrogen and oxygen atoms in total. The molecular weight excluding hydrogens is 386 g/mol. The average molecular weight is 430 g/mol. The Kier molecular flexibility index (Phi) is 23.1. The summed E-state index contributed by atoms with van der Waals surface area (Å²) >= 11 is 0. The maximum absolute atomic E-state index is 8.77. The number of unbranched alkanes of at least 4 members (excludes halogenated alkanes) is 2. The highest BCUT2D eigenvalue weighted by molar-refractivity contribution is 5.20. The van der Waals surface area contributed by atoms with E-state index >= 15 is 0 Å². The number of hydrogen-bond acceptors (Lipinski definition) is 7. The molecule has 0 radical (unpaired) electrons. The lowest BCUT2D eigenvalue weighted by atomic mass is 10.2. The zero-order valence-electron chi connectivity index (χ0n) is 19.0. The standard InChI is InChI=1S/C21H37NO6.C2H6/c23-12-17-26-15-10-22(11-16-27-18-13-24)9-5-2-6-14-25-19-20-28-21-7-3-1-4-8-21;1-2/h1,3-4,7-8,23-24H,2,5-6,9-20H2;1-2H3. The molecule has 0 atom stereocenters. The van der Waals surface area contributed by atoms with Crippen molar-refractivity contribution in [1.82, 2.24) is 4.90 Å². The van der Waals surface area contributed by atoms with Crippen LogP contribution in [0.5, 0.6) is 5.75 Å². The van der Waals surface area contributed by atoms with Gasteiger partial charge in [0.25, 0.3) is 0 Å². The second-order valence-corrected chi connectivity index (χ2v) is 6.35. The summed E-state index contributed by atoms with van der Waals surface area (Å²) < 4.78 is 21.9. The van der Waals surface area contributed by atoms with Crippen LogP contribution in [0, 0.1) is 0 Å². The number of benzene rings is 1. The van der Waals surface area contributed by atoms with Crippen molar-refractivity contribution in [3.8, 4) is 5.75 Å². The topological polar surface area (TPSA) is 80.6 Å². The van der Waals surface area contributed by atoms with Gasteiger partial charge in [0.05, 0.1) is 46.2 Å². The molecule has 0 aromatic heterocycles. The molecule has 0 bridgehead atoms. The van der Waals surface area contributed by atoms with Gasteiger partial charge >= 0.3 is 0 Å². The van der Waals surface area contributed by atoms with Gasteiger partial charge in [0, 0.05) is 19.7 Å². The summed E-state index contributed by atoms with van der Waals surface area (Å²) in [4.78, 5) is 2.29. The molecule has 1 aromatic rings. The van der Waals surface area contributed by atoms with Gasteiger partial charge < -0.3 is 29.2 Å². The van der Waals surface area contributed by atoms with Crippen LogP contribution in [0.3, 0.4) is 0 Å². The molecule has 7 heteroatoms. The minimum absolute atomic E-state index is 0.0516. The highest BCUT2D eigenvalue weighted by Gasteiger charge is 2.05. The Morgan fingerprint density at radius 2 is 1.23 bits per heavy atom. The van der Waals surface area contributed by atoms with E-state index in [4.69, 9.17) is 29.2 Å². The van der Waals surface area contributed by atoms with E-state index in [9.17, 15) is 0 Å². The van der Waals surface area contributed by atoms with Crippen LogP contribution in [0.1, 0.15) is 33.1 Å². The molecule has 0 unspecified atom stereocenters. The first-order chi connectivity index (χ1) is 14.9. The first-order valence-corrected chi connectivity index (χ1v) is 11.2. The maximum Gasteiger partial charge on any atom is 0.119 e. The molecule has 0 spiro atoms. The highest BCUT2D eigenvalue weighted by Crippen LogP contribution is 2.07. The van der Waals surface area contributed by atoms with Crippen molar-refractivity contribution in [2.45, 2.75) is 33.1 Å². The molecule has 0 amide bonds. The van der Waals surface area contributed by atoms with Gasteiger partial charge in [0.15, 0.2) is 0 Å². The zero-order chi connectivity index (χ0) is 22.1. The number of ether oxygens (including phenoxy) is 4. The van der Waals surface area contributed by atoms with Crippen LogP contribution in [0.2, 0.25) is 0 Å². The van der Waals surface area contributed by atoms with Gasteiger partial charge in [-0.05, 0) is 37.9 Å². The van der Waals surface area contributed by atoms with Crippen molar-refractivity contribution >= 4 is 0 Å². The average Bonchev–Trinajstić information content (AvgIpc) is 2.79. The molecule has 0 saturated carbocycles. The molecule has 30 heavy (non-hydrogen) atoms. The molecule has 0 fully saturated rings. The Labute approximate surface area is 182 Å². The molecule has 176 valence electrons. The Hall–Kier alpha value is -1.22. The molecule has 1 aromatic carbocycles. The fraction of sp³-hybridized carbons (Fsp3) is 0.739. The van der Waals surface area contributed by atoms with Gasteiger partial charge in [-0.2, -0.15) is 0 Å². The molecule has 0 aliphatic rings. The van der Waals surface area contributed by atoms with Gasteiger partial charge in [-0.15, -0.1) is 0 Å². The third kappa shape index (κ3) is 18.8. The van der Waals surface area contributed by atoms with Crippen molar-refractivity contribution in [2.75, 3.05) is 79.1 Å². The molecule has 0 aliphatic heterocycles. The van der Waals surface area contributed by atoms with E-state index in [0.29, 0.717) is 39.6 Å². The van der Waals surface area contributed by atoms with Gasteiger partial charge in [-0.25, -0.2) is 0 Å². The fourth-order valence-corrected chi connectivity index (χ4v) is 2.61. The van der Waals surface area contributed by atoms with Crippen LogP contribution in [0.25, 0.3) is 0 Å². The molecule has 0 heterocycles. The number of aliphatic hydroxyl groups is 2. The summed E-state index contributed by atoms with van der Waals surface area (Å²) in [6.45, 7) is 10.6. The fourth-order valence-electron chi connectivity index (χ4n) is 2.61. The Bertz CT molecular complexity index is 423. The van der Waals surface area contributed by atoms with E-state index in [1.807, 2.05) is 44.2 Å². The maximum atomic E-state index is 8.77. The lowest BCUT2D eigenvalue weighted by molar-refractivity contribution is 0.0498. The number of hydrogen-bond donors (Lipinski definition) is 2. The lowest BCUT2D eigenvalue weighted by Crippen LogP contribution is -2.32. The van der Waals surface area contributed by atoms with Crippen LogP contribution < -0.4 is 4.74 Å². The molecule has 1 rings (SSSR count).